The monoisotopic (exact) mass is 539 g/mol. The number of piperazine rings is 1. The summed E-state index contributed by atoms with van der Waals surface area (Å²) in [4.78, 5) is 28.5. The minimum absolute atomic E-state index is 0. The van der Waals surface area contributed by atoms with Crippen LogP contribution in [0.4, 0.5) is 0 Å². The molecule has 2 aliphatic rings. The van der Waals surface area contributed by atoms with Gasteiger partial charge in [-0.2, -0.15) is 0 Å². The van der Waals surface area contributed by atoms with Crippen molar-refractivity contribution in [1.29, 1.82) is 0 Å². The number of carbonyl (C=O) groups excluding carboxylic acids is 1. The van der Waals surface area contributed by atoms with E-state index in [0.717, 1.165) is 74.9 Å². The SMILES string of the molecule is CN=C(NCc1nc2ccccc2n1C)N1CCN(C(C)C(=O)N2CCCC2)CC1.I. The van der Waals surface area contributed by atoms with E-state index in [-0.39, 0.29) is 35.9 Å². The molecule has 2 saturated heterocycles. The average Bonchev–Trinajstić information content (AvgIpc) is 3.43. The predicted octanol–water partition coefficient (Wildman–Crippen LogP) is 1.90. The standard InChI is InChI=1S/C22H33N7O.HI/c1-17(21(30)28-10-6-7-11-28)27-12-14-29(15-13-27)22(23-2)24-16-20-25-18-8-4-5-9-19(18)26(20)3;/h4-5,8-9,17H,6-7,10-16H2,1-3H3,(H,23,24);1H. The zero-order valence-corrected chi connectivity index (χ0v) is 21.1. The van der Waals surface area contributed by atoms with E-state index in [2.05, 4.69) is 37.7 Å². The molecule has 1 unspecified atom stereocenters. The molecule has 1 aromatic heterocycles. The van der Waals surface area contributed by atoms with E-state index in [1.54, 1.807) is 0 Å². The summed E-state index contributed by atoms with van der Waals surface area (Å²) in [7, 11) is 3.87. The van der Waals surface area contributed by atoms with Gasteiger partial charge in [-0.1, -0.05) is 12.1 Å². The molecule has 2 fully saturated rings. The smallest absolute Gasteiger partial charge is 0.239 e. The molecule has 1 amide bonds. The van der Waals surface area contributed by atoms with E-state index >= 15 is 0 Å². The normalized spacial score (nSPS) is 18.9. The highest BCUT2D eigenvalue weighted by molar-refractivity contribution is 14.0. The van der Waals surface area contributed by atoms with Crippen LogP contribution in [0.1, 0.15) is 25.6 Å². The van der Waals surface area contributed by atoms with Crippen LogP contribution in [-0.2, 0) is 18.4 Å². The van der Waals surface area contributed by atoms with E-state index < -0.39 is 0 Å². The highest BCUT2D eigenvalue weighted by Gasteiger charge is 2.30. The summed E-state index contributed by atoms with van der Waals surface area (Å²) in [5.74, 6) is 2.16. The number of guanidine groups is 1. The van der Waals surface area contributed by atoms with Crippen molar-refractivity contribution in [3.63, 3.8) is 0 Å². The number of nitrogens with one attached hydrogen (secondary N) is 1. The van der Waals surface area contributed by atoms with Crippen LogP contribution >= 0.6 is 24.0 Å². The van der Waals surface area contributed by atoms with Crippen LogP contribution in [0, 0.1) is 0 Å². The van der Waals surface area contributed by atoms with Gasteiger partial charge in [-0.25, -0.2) is 4.98 Å². The number of nitrogens with zero attached hydrogens (tertiary/aromatic N) is 6. The van der Waals surface area contributed by atoms with Crippen molar-refractivity contribution in [2.45, 2.75) is 32.4 Å². The Morgan fingerprint density at radius 2 is 1.77 bits per heavy atom. The fraction of sp³-hybridized carbons (Fsp3) is 0.591. The molecule has 2 aromatic rings. The molecule has 8 nitrogen and oxygen atoms in total. The summed E-state index contributed by atoms with van der Waals surface area (Å²) in [5.41, 5.74) is 2.15. The number of carbonyl (C=O) groups is 1. The highest BCUT2D eigenvalue weighted by Crippen LogP contribution is 2.15. The second-order valence-corrected chi connectivity index (χ2v) is 8.21. The van der Waals surface area contributed by atoms with E-state index in [4.69, 9.17) is 4.98 Å². The summed E-state index contributed by atoms with van der Waals surface area (Å²) in [6, 6.07) is 8.14. The molecule has 0 aliphatic carbocycles. The number of halogens is 1. The number of amides is 1. The third-order valence-corrected chi connectivity index (χ3v) is 6.43. The lowest BCUT2D eigenvalue weighted by Gasteiger charge is -2.39. The van der Waals surface area contributed by atoms with Gasteiger partial charge in [-0.15, -0.1) is 24.0 Å². The Kier molecular flexibility index (Phi) is 8.15. The van der Waals surface area contributed by atoms with Crippen molar-refractivity contribution >= 4 is 46.9 Å². The molecule has 0 bridgehead atoms. The van der Waals surface area contributed by atoms with Gasteiger partial charge in [-0.3, -0.25) is 14.7 Å². The fourth-order valence-electron chi connectivity index (χ4n) is 4.52. The Balaban J connectivity index is 0.00000272. The lowest BCUT2D eigenvalue weighted by molar-refractivity contribution is -0.135. The first-order valence-electron chi connectivity index (χ1n) is 11.0. The highest BCUT2D eigenvalue weighted by atomic mass is 127. The van der Waals surface area contributed by atoms with Crippen LogP contribution in [-0.4, -0.2) is 88.5 Å². The van der Waals surface area contributed by atoms with E-state index in [1.165, 1.54) is 0 Å². The van der Waals surface area contributed by atoms with Crippen LogP contribution in [0.5, 0.6) is 0 Å². The van der Waals surface area contributed by atoms with Crippen molar-refractivity contribution in [3.05, 3.63) is 30.1 Å². The summed E-state index contributed by atoms with van der Waals surface area (Å²) in [6.07, 6.45) is 2.28. The van der Waals surface area contributed by atoms with Gasteiger partial charge >= 0.3 is 0 Å². The lowest BCUT2D eigenvalue weighted by atomic mass is 10.2. The van der Waals surface area contributed by atoms with Crippen LogP contribution in [0.25, 0.3) is 11.0 Å². The number of aliphatic imine (C=N–C) groups is 1. The molecule has 9 heteroatoms. The third-order valence-electron chi connectivity index (χ3n) is 6.43. The Hall–Kier alpha value is -1.88. The number of fused-ring (bicyclic) bond motifs is 1. The van der Waals surface area contributed by atoms with Gasteiger partial charge in [0.05, 0.1) is 23.6 Å². The maximum Gasteiger partial charge on any atom is 0.239 e. The molecule has 1 aromatic carbocycles. The first-order chi connectivity index (χ1) is 14.6. The number of rotatable bonds is 4. The summed E-state index contributed by atoms with van der Waals surface area (Å²) < 4.78 is 2.12. The van der Waals surface area contributed by atoms with Gasteiger partial charge in [0, 0.05) is 53.4 Å². The zero-order chi connectivity index (χ0) is 21.1. The lowest BCUT2D eigenvalue weighted by Crippen LogP contribution is -2.57. The van der Waals surface area contributed by atoms with Gasteiger partial charge in [0.1, 0.15) is 5.82 Å². The summed E-state index contributed by atoms with van der Waals surface area (Å²) in [6.45, 7) is 7.97. The number of imidazole rings is 1. The van der Waals surface area contributed by atoms with Crippen LogP contribution in [0.15, 0.2) is 29.3 Å². The molecule has 0 saturated carbocycles. The van der Waals surface area contributed by atoms with Crippen molar-refractivity contribution in [1.82, 2.24) is 29.6 Å². The maximum atomic E-state index is 12.7. The molecule has 3 heterocycles. The van der Waals surface area contributed by atoms with E-state index in [0.29, 0.717) is 6.54 Å². The van der Waals surface area contributed by atoms with Gasteiger partial charge in [0.15, 0.2) is 5.96 Å². The van der Waals surface area contributed by atoms with E-state index in [9.17, 15) is 4.79 Å². The first-order valence-corrected chi connectivity index (χ1v) is 11.0. The molecule has 4 rings (SSSR count). The number of hydrogen-bond acceptors (Lipinski definition) is 4. The largest absolute Gasteiger partial charge is 0.349 e. The van der Waals surface area contributed by atoms with Crippen LogP contribution in [0.3, 0.4) is 0 Å². The number of aryl methyl sites for hydroxylation is 1. The zero-order valence-electron chi connectivity index (χ0n) is 18.8. The number of benzene rings is 1. The molecule has 170 valence electrons. The topological polar surface area (TPSA) is 69.0 Å². The second kappa shape index (κ2) is 10.6. The first kappa shape index (κ1) is 23.8. The molecular formula is C22H34IN7O. The molecule has 1 atom stereocenters. The Morgan fingerprint density at radius 1 is 1.10 bits per heavy atom. The third kappa shape index (κ3) is 5.14. The van der Waals surface area contributed by atoms with Crippen LogP contribution in [0.2, 0.25) is 0 Å². The second-order valence-electron chi connectivity index (χ2n) is 8.21. The summed E-state index contributed by atoms with van der Waals surface area (Å²) >= 11 is 0. The van der Waals surface area contributed by atoms with Gasteiger partial charge in [0.25, 0.3) is 0 Å². The number of likely N-dealkylation sites (tertiary alicyclic amines) is 1. The summed E-state index contributed by atoms with van der Waals surface area (Å²) in [5, 5.41) is 3.47. The van der Waals surface area contributed by atoms with Crippen molar-refractivity contribution < 1.29 is 4.79 Å². The quantitative estimate of drug-likeness (QED) is 0.365. The Morgan fingerprint density at radius 3 is 2.42 bits per heavy atom. The maximum absolute atomic E-state index is 12.7. The number of para-hydroxylation sites is 2. The number of aromatic nitrogens is 2. The van der Waals surface area contributed by atoms with Gasteiger partial charge < -0.3 is 19.7 Å². The molecular weight excluding hydrogens is 505 g/mol. The van der Waals surface area contributed by atoms with Crippen molar-refractivity contribution in [2.24, 2.45) is 12.0 Å². The van der Waals surface area contributed by atoms with Crippen LogP contribution < -0.4 is 5.32 Å². The minimum atomic E-state index is -0.0415. The predicted molar refractivity (Wildman–Crippen MR) is 135 cm³/mol. The number of hydrogen-bond donors (Lipinski definition) is 1. The molecule has 31 heavy (non-hydrogen) atoms. The van der Waals surface area contributed by atoms with E-state index in [1.807, 2.05) is 37.2 Å². The fourth-order valence-corrected chi connectivity index (χ4v) is 4.52. The molecule has 2 aliphatic heterocycles. The Bertz CT molecular complexity index is 914. The molecule has 0 spiro atoms. The van der Waals surface area contributed by atoms with Crippen molar-refractivity contribution in [2.75, 3.05) is 46.3 Å². The Labute approximate surface area is 201 Å². The van der Waals surface area contributed by atoms with Gasteiger partial charge in [-0.05, 0) is 31.9 Å². The van der Waals surface area contributed by atoms with Gasteiger partial charge in [0.2, 0.25) is 5.91 Å². The van der Waals surface area contributed by atoms with Crippen molar-refractivity contribution in [3.8, 4) is 0 Å². The molecule has 0 radical (unpaired) electrons. The molecule has 1 N–H and O–H groups in total. The minimum Gasteiger partial charge on any atom is -0.349 e. The average molecular weight is 539 g/mol.